The summed E-state index contributed by atoms with van der Waals surface area (Å²) in [4.78, 5) is 13.2. The van der Waals surface area contributed by atoms with Crippen LogP contribution in [0.15, 0.2) is 29.2 Å². The molecule has 0 spiro atoms. The first-order chi connectivity index (χ1) is 14.4. The molecule has 0 aliphatic carbocycles. The van der Waals surface area contributed by atoms with Crippen LogP contribution in [0.3, 0.4) is 0 Å². The van der Waals surface area contributed by atoms with Gasteiger partial charge in [-0.25, -0.2) is 8.42 Å². The third-order valence-corrected chi connectivity index (χ3v) is 7.62. The molecule has 1 aliphatic heterocycles. The number of nitrogens with one attached hydrogen (secondary N) is 1. The molecule has 1 amide bonds. The molecule has 2 heterocycles. The van der Waals surface area contributed by atoms with Crippen LogP contribution in [0.25, 0.3) is 0 Å². The highest BCUT2D eigenvalue weighted by molar-refractivity contribution is 7.89. The van der Waals surface area contributed by atoms with Gasteiger partial charge in [0.1, 0.15) is 0 Å². The molecule has 1 aliphatic rings. The third-order valence-electron chi connectivity index (χ3n) is 5.58. The van der Waals surface area contributed by atoms with E-state index in [4.69, 9.17) is 0 Å². The van der Waals surface area contributed by atoms with Crippen molar-refractivity contribution in [2.45, 2.75) is 77.2 Å². The van der Waals surface area contributed by atoms with E-state index in [2.05, 4.69) is 24.3 Å². The van der Waals surface area contributed by atoms with Crippen molar-refractivity contribution in [2.75, 3.05) is 18.4 Å². The van der Waals surface area contributed by atoms with Gasteiger partial charge in [0.15, 0.2) is 5.69 Å². The highest BCUT2D eigenvalue weighted by Gasteiger charge is 2.28. The number of hydrogen-bond acceptors (Lipinski definition) is 4. The Morgan fingerprint density at radius 1 is 1.10 bits per heavy atom. The largest absolute Gasteiger partial charge is 0.321 e. The summed E-state index contributed by atoms with van der Waals surface area (Å²) in [5.74, 6) is -0.135. The number of rotatable bonds is 5. The fourth-order valence-corrected chi connectivity index (χ4v) is 5.62. The van der Waals surface area contributed by atoms with E-state index in [1.165, 1.54) is 0 Å². The zero-order chi connectivity index (χ0) is 23.0. The first kappa shape index (κ1) is 23.5. The number of aromatic nitrogens is 2. The van der Waals surface area contributed by atoms with Crippen molar-refractivity contribution in [1.29, 1.82) is 0 Å². The average Bonchev–Trinajstić information content (AvgIpc) is 3.16. The van der Waals surface area contributed by atoms with Crippen LogP contribution >= 0.6 is 0 Å². The predicted molar refractivity (Wildman–Crippen MR) is 123 cm³/mol. The lowest BCUT2D eigenvalue weighted by Gasteiger charge is -2.26. The quantitative estimate of drug-likeness (QED) is 0.733. The van der Waals surface area contributed by atoms with Gasteiger partial charge in [-0.2, -0.15) is 9.40 Å². The first-order valence-corrected chi connectivity index (χ1v) is 12.4. The van der Waals surface area contributed by atoms with Gasteiger partial charge in [-0.3, -0.25) is 9.48 Å². The van der Waals surface area contributed by atoms with E-state index in [9.17, 15) is 13.2 Å². The molecule has 1 fully saturated rings. The van der Waals surface area contributed by atoms with E-state index in [0.717, 1.165) is 25.0 Å². The zero-order valence-corrected chi connectivity index (χ0v) is 20.2. The molecule has 7 nitrogen and oxygen atoms in total. The normalized spacial score (nSPS) is 16.0. The minimum atomic E-state index is -3.59. The van der Waals surface area contributed by atoms with Crippen LogP contribution in [0, 0.1) is 6.92 Å². The van der Waals surface area contributed by atoms with Crippen molar-refractivity contribution in [3.63, 3.8) is 0 Å². The molecule has 0 saturated carbocycles. The molecule has 1 saturated heterocycles. The fraction of sp³-hybridized carbons (Fsp3) is 0.565. The van der Waals surface area contributed by atoms with Gasteiger partial charge in [0, 0.05) is 24.5 Å². The Morgan fingerprint density at radius 2 is 1.74 bits per heavy atom. The molecule has 1 N–H and O–H groups in total. The number of carbonyl (C=O) groups is 1. The van der Waals surface area contributed by atoms with Crippen LogP contribution in [0.2, 0.25) is 0 Å². The van der Waals surface area contributed by atoms with Crippen molar-refractivity contribution < 1.29 is 13.2 Å². The van der Waals surface area contributed by atoms with Crippen LogP contribution < -0.4 is 5.32 Å². The van der Waals surface area contributed by atoms with Gasteiger partial charge in [0.2, 0.25) is 10.0 Å². The highest BCUT2D eigenvalue weighted by Crippen LogP contribution is 2.27. The third kappa shape index (κ3) is 5.01. The fourth-order valence-electron chi connectivity index (χ4n) is 3.85. The van der Waals surface area contributed by atoms with Crippen molar-refractivity contribution in [2.24, 2.45) is 0 Å². The van der Waals surface area contributed by atoms with Gasteiger partial charge in [0.25, 0.3) is 5.91 Å². The van der Waals surface area contributed by atoms with Crippen LogP contribution in [0.1, 0.15) is 81.5 Å². The zero-order valence-electron chi connectivity index (χ0n) is 19.4. The molecule has 1 aromatic carbocycles. The first-order valence-electron chi connectivity index (χ1n) is 10.9. The SMILES string of the molecule is Cc1ccc(NC(=O)c2cc(C(C)C)n(C(C)(C)C)n2)cc1S(=O)(=O)N1CCCCC1. The Kier molecular flexibility index (Phi) is 6.62. The molecule has 0 bridgehead atoms. The smallest absolute Gasteiger partial charge is 0.276 e. The van der Waals surface area contributed by atoms with Crippen molar-refractivity contribution >= 4 is 21.6 Å². The molecule has 2 aromatic rings. The number of amides is 1. The molecule has 3 rings (SSSR count). The van der Waals surface area contributed by atoms with E-state index in [0.29, 0.717) is 30.0 Å². The summed E-state index contributed by atoms with van der Waals surface area (Å²) in [6.45, 7) is 13.1. The van der Waals surface area contributed by atoms with Gasteiger partial charge < -0.3 is 5.32 Å². The molecule has 1 aromatic heterocycles. The summed E-state index contributed by atoms with van der Waals surface area (Å²) < 4.78 is 29.7. The molecule has 8 heteroatoms. The maximum atomic E-state index is 13.1. The van der Waals surface area contributed by atoms with Crippen molar-refractivity contribution in [3.05, 3.63) is 41.2 Å². The van der Waals surface area contributed by atoms with Crippen molar-refractivity contribution in [1.82, 2.24) is 14.1 Å². The van der Waals surface area contributed by atoms with Crippen LogP contribution in [0.4, 0.5) is 5.69 Å². The Labute approximate surface area is 185 Å². The van der Waals surface area contributed by atoms with Gasteiger partial charge in [-0.05, 0) is 70.2 Å². The number of anilines is 1. The van der Waals surface area contributed by atoms with E-state index >= 15 is 0 Å². The number of piperidine rings is 1. The number of sulfonamides is 1. The predicted octanol–water partition coefficient (Wildman–Crippen LogP) is 4.50. The van der Waals surface area contributed by atoms with Crippen molar-refractivity contribution in [3.8, 4) is 0 Å². The lowest BCUT2D eigenvalue weighted by molar-refractivity contribution is 0.102. The monoisotopic (exact) mass is 446 g/mol. The Balaban J connectivity index is 1.89. The number of hydrogen-bond donors (Lipinski definition) is 1. The minimum absolute atomic E-state index is 0.217. The van der Waals surface area contributed by atoms with Gasteiger partial charge in [0.05, 0.1) is 10.4 Å². The maximum absolute atomic E-state index is 13.1. The second kappa shape index (κ2) is 8.74. The second-order valence-corrected chi connectivity index (χ2v) is 11.5. The van der Waals surface area contributed by atoms with E-state index in [-0.39, 0.29) is 22.3 Å². The average molecular weight is 447 g/mol. The summed E-state index contributed by atoms with van der Waals surface area (Å²) in [7, 11) is -3.59. The molecule has 0 atom stereocenters. The molecule has 0 unspecified atom stereocenters. The lowest BCUT2D eigenvalue weighted by Crippen LogP contribution is -2.36. The lowest BCUT2D eigenvalue weighted by atomic mass is 10.1. The van der Waals surface area contributed by atoms with Crippen LogP contribution in [0.5, 0.6) is 0 Å². The summed E-state index contributed by atoms with van der Waals surface area (Å²) >= 11 is 0. The Hall–Kier alpha value is -2.19. The minimum Gasteiger partial charge on any atom is -0.321 e. The number of nitrogens with zero attached hydrogens (tertiary/aromatic N) is 3. The highest BCUT2D eigenvalue weighted by atomic mass is 32.2. The van der Waals surface area contributed by atoms with Gasteiger partial charge in [-0.1, -0.05) is 26.3 Å². The van der Waals surface area contributed by atoms with Crippen LogP contribution in [-0.2, 0) is 15.6 Å². The summed E-state index contributed by atoms with van der Waals surface area (Å²) in [6, 6.07) is 6.83. The molecular formula is C23H34N4O3S. The van der Waals surface area contributed by atoms with Gasteiger partial charge in [-0.15, -0.1) is 0 Å². The molecular weight excluding hydrogens is 412 g/mol. The summed E-state index contributed by atoms with van der Waals surface area (Å²) in [5.41, 5.74) is 2.16. The number of aryl methyl sites for hydroxylation is 1. The number of benzene rings is 1. The number of carbonyl (C=O) groups excluding carboxylic acids is 1. The van der Waals surface area contributed by atoms with E-state index in [1.54, 1.807) is 29.4 Å². The molecule has 0 radical (unpaired) electrons. The summed E-state index contributed by atoms with van der Waals surface area (Å²) in [5, 5.41) is 7.37. The van der Waals surface area contributed by atoms with E-state index < -0.39 is 10.0 Å². The second-order valence-electron chi connectivity index (χ2n) is 9.59. The van der Waals surface area contributed by atoms with E-state index in [1.807, 2.05) is 31.5 Å². The molecule has 31 heavy (non-hydrogen) atoms. The Bertz CT molecular complexity index is 1060. The van der Waals surface area contributed by atoms with Crippen LogP contribution in [-0.4, -0.2) is 41.5 Å². The topological polar surface area (TPSA) is 84.3 Å². The molecule has 170 valence electrons. The summed E-state index contributed by atoms with van der Waals surface area (Å²) in [6.07, 6.45) is 2.81. The Morgan fingerprint density at radius 3 is 2.29 bits per heavy atom. The maximum Gasteiger partial charge on any atom is 0.276 e. The standard InChI is InChI=1S/C23H34N4O3S/c1-16(2)20-15-19(25-27(20)23(4,5)6)22(28)24-18-11-10-17(3)21(14-18)31(29,30)26-12-8-7-9-13-26/h10-11,14-16H,7-9,12-13H2,1-6H3,(H,24,28). The van der Waals surface area contributed by atoms with Gasteiger partial charge >= 0.3 is 0 Å².